The number of nitrogens with zero attached hydrogens (tertiary/aromatic N) is 2. The molecule has 0 unspecified atom stereocenters. The van der Waals surface area contributed by atoms with E-state index >= 15 is 0 Å². The summed E-state index contributed by atoms with van der Waals surface area (Å²) in [5.41, 5.74) is 2.74. The Hall–Kier alpha value is -3.01. The summed E-state index contributed by atoms with van der Waals surface area (Å²) in [6.07, 6.45) is 3.07. The van der Waals surface area contributed by atoms with Crippen molar-refractivity contribution < 1.29 is 17.9 Å². The van der Waals surface area contributed by atoms with Gasteiger partial charge in [-0.05, 0) is 55.3 Å². The average molecular weight is 472 g/mol. The van der Waals surface area contributed by atoms with Crippen LogP contribution >= 0.6 is 11.3 Å². The van der Waals surface area contributed by atoms with Crippen LogP contribution in [0.2, 0.25) is 0 Å². The van der Waals surface area contributed by atoms with E-state index in [0.29, 0.717) is 23.6 Å². The number of anilines is 1. The Kier molecular flexibility index (Phi) is 7.44. The van der Waals surface area contributed by atoms with E-state index < -0.39 is 10.0 Å². The molecule has 0 atom stereocenters. The molecule has 0 aliphatic carbocycles. The van der Waals surface area contributed by atoms with E-state index in [0.717, 1.165) is 20.6 Å². The van der Waals surface area contributed by atoms with Crippen molar-refractivity contribution in [2.45, 2.75) is 25.3 Å². The van der Waals surface area contributed by atoms with Crippen LogP contribution in [0, 0.1) is 13.8 Å². The predicted molar refractivity (Wildman–Crippen MR) is 127 cm³/mol. The third-order valence-electron chi connectivity index (χ3n) is 4.57. The number of hydrogen-bond acceptors (Lipinski definition) is 6. The number of rotatable bonds is 8. The fraction of sp³-hybridized carbons (Fsp3) is 0.217. The molecule has 3 aromatic rings. The van der Waals surface area contributed by atoms with Gasteiger partial charge in [0, 0.05) is 31.2 Å². The Morgan fingerprint density at radius 1 is 1.16 bits per heavy atom. The monoisotopic (exact) mass is 471 g/mol. The second kappa shape index (κ2) is 10.1. The molecule has 0 aliphatic rings. The molecule has 9 heteroatoms. The summed E-state index contributed by atoms with van der Waals surface area (Å²) in [5, 5.41) is 5.68. The number of thiazole rings is 1. The van der Waals surface area contributed by atoms with Gasteiger partial charge in [0.1, 0.15) is 12.4 Å². The van der Waals surface area contributed by atoms with Crippen LogP contribution in [0.1, 0.15) is 21.8 Å². The number of sulfonamides is 1. The summed E-state index contributed by atoms with van der Waals surface area (Å²) in [5.74, 6) is 0.354. The Balaban J connectivity index is 1.60. The molecule has 2 aromatic carbocycles. The van der Waals surface area contributed by atoms with E-state index in [2.05, 4.69) is 10.3 Å². The van der Waals surface area contributed by atoms with Crippen molar-refractivity contribution in [1.82, 2.24) is 9.29 Å². The topological polar surface area (TPSA) is 88.6 Å². The van der Waals surface area contributed by atoms with Crippen molar-refractivity contribution in [3.63, 3.8) is 0 Å². The number of carbonyl (C=O) groups excluding carboxylic acids is 1. The van der Waals surface area contributed by atoms with E-state index in [4.69, 9.17) is 4.74 Å². The third-order valence-corrected chi connectivity index (χ3v) is 7.35. The van der Waals surface area contributed by atoms with Gasteiger partial charge in [-0.2, -0.15) is 0 Å². The van der Waals surface area contributed by atoms with Gasteiger partial charge in [-0.1, -0.05) is 18.2 Å². The van der Waals surface area contributed by atoms with E-state index in [-0.39, 0.29) is 10.8 Å². The highest BCUT2D eigenvalue weighted by Gasteiger charge is 2.20. The molecule has 32 heavy (non-hydrogen) atoms. The molecule has 0 radical (unpaired) electrons. The molecule has 1 amide bonds. The highest BCUT2D eigenvalue weighted by molar-refractivity contribution is 7.89. The van der Waals surface area contributed by atoms with Gasteiger partial charge in [0.2, 0.25) is 15.9 Å². The summed E-state index contributed by atoms with van der Waals surface area (Å²) in [7, 11) is -0.655. The van der Waals surface area contributed by atoms with E-state index in [1.54, 1.807) is 36.5 Å². The maximum absolute atomic E-state index is 12.4. The number of carbonyl (C=O) groups is 1. The van der Waals surface area contributed by atoms with Gasteiger partial charge >= 0.3 is 0 Å². The maximum Gasteiger partial charge on any atom is 0.248 e. The Bertz CT molecular complexity index is 1230. The van der Waals surface area contributed by atoms with Gasteiger partial charge < -0.3 is 10.1 Å². The quantitative estimate of drug-likeness (QED) is 0.497. The van der Waals surface area contributed by atoms with E-state index in [9.17, 15) is 13.2 Å². The fourth-order valence-electron chi connectivity index (χ4n) is 2.82. The number of benzene rings is 2. The lowest BCUT2D eigenvalue weighted by Crippen LogP contribution is -2.23. The zero-order chi connectivity index (χ0) is 23.3. The lowest BCUT2D eigenvalue weighted by molar-refractivity contribution is -0.111. The van der Waals surface area contributed by atoms with Crippen LogP contribution in [-0.4, -0.2) is 37.7 Å². The number of aromatic nitrogens is 1. The lowest BCUT2D eigenvalue weighted by atomic mass is 10.2. The molecule has 1 N–H and O–H groups in total. The van der Waals surface area contributed by atoms with Crippen LogP contribution in [0.3, 0.4) is 0 Å². The second-order valence-electron chi connectivity index (χ2n) is 7.31. The van der Waals surface area contributed by atoms with Crippen molar-refractivity contribution in [2.75, 3.05) is 19.4 Å². The molecule has 0 fully saturated rings. The van der Waals surface area contributed by atoms with Gasteiger partial charge in [0.05, 0.1) is 15.6 Å². The fourth-order valence-corrected chi connectivity index (χ4v) is 4.56. The van der Waals surface area contributed by atoms with Crippen molar-refractivity contribution in [3.05, 3.63) is 75.7 Å². The van der Waals surface area contributed by atoms with Crippen LogP contribution in [-0.2, 0) is 21.4 Å². The summed E-state index contributed by atoms with van der Waals surface area (Å²) < 4.78 is 31.7. The zero-order valence-electron chi connectivity index (χ0n) is 18.3. The first kappa shape index (κ1) is 23.6. The highest BCUT2D eigenvalue weighted by Crippen LogP contribution is 2.22. The Morgan fingerprint density at radius 2 is 1.88 bits per heavy atom. The maximum atomic E-state index is 12.4. The van der Waals surface area contributed by atoms with Crippen LogP contribution in [0.15, 0.2) is 58.8 Å². The summed E-state index contributed by atoms with van der Waals surface area (Å²) >= 11 is 1.59. The normalized spacial score (nSPS) is 11.8. The van der Waals surface area contributed by atoms with Gasteiger partial charge in [-0.25, -0.2) is 17.7 Å². The number of nitrogens with one attached hydrogen (secondary N) is 1. The standard InChI is InChI=1S/C23H25N3O4S2/c1-16-5-9-19(13-22(16)32(28,29)26(3)4)25-23(27)12-8-18-6-10-21(11-7-18)30-14-20-15-31-17(2)24-20/h5-13,15H,14H2,1-4H3,(H,25,27)/b12-8+. The highest BCUT2D eigenvalue weighted by atomic mass is 32.2. The first-order valence-electron chi connectivity index (χ1n) is 9.81. The molecule has 3 rings (SSSR count). The van der Waals surface area contributed by atoms with Gasteiger partial charge in [0.25, 0.3) is 0 Å². The zero-order valence-corrected chi connectivity index (χ0v) is 20.0. The summed E-state index contributed by atoms with van der Waals surface area (Å²) in [4.78, 5) is 16.8. The van der Waals surface area contributed by atoms with Gasteiger partial charge in [-0.3, -0.25) is 4.79 Å². The molecule has 168 valence electrons. The molecule has 0 saturated carbocycles. The van der Waals surface area contributed by atoms with Crippen LogP contribution in [0.25, 0.3) is 6.08 Å². The lowest BCUT2D eigenvalue weighted by Gasteiger charge is -2.14. The van der Waals surface area contributed by atoms with E-state index in [1.165, 1.54) is 26.2 Å². The molecule has 0 saturated heterocycles. The molecule has 0 aliphatic heterocycles. The third kappa shape index (κ3) is 6.03. The molecule has 0 spiro atoms. The van der Waals surface area contributed by atoms with E-state index in [1.807, 2.05) is 36.6 Å². The largest absolute Gasteiger partial charge is 0.487 e. The van der Waals surface area contributed by atoms with Crippen LogP contribution < -0.4 is 10.1 Å². The average Bonchev–Trinajstić information content (AvgIpc) is 3.17. The molecular formula is C23H25N3O4S2. The van der Waals surface area contributed by atoms with Crippen molar-refractivity contribution >= 4 is 39.0 Å². The summed E-state index contributed by atoms with van der Waals surface area (Å²) in [6, 6.07) is 12.2. The number of hydrogen-bond donors (Lipinski definition) is 1. The first-order valence-corrected chi connectivity index (χ1v) is 12.1. The minimum Gasteiger partial charge on any atom is -0.487 e. The van der Waals surface area contributed by atoms with Gasteiger partial charge in [0.15, 0.2) is 0 Å². The van der Waals surface area contributed by atoms with Crippen molar-refractivity contribution in [2.24, 2.45) is 0 Å². The molecular weight excluding hydrogens is 446 g/mol. The SMILES string of the molecule is Cc1nc(COc2ccc(/C=C/C(=O)Nc3ccc(C)c(S(=O)(=O)N(C)C)c3)cc2)cs1. The minimum absolute atomic E-state index is 0.160. The number of amides is 1. The number of aryl methyl sites for hydroxylation is 2. The van der Waals surface area contributed by atoms with Crippen LogP contribution in [0.5, 0.6) is 5.75 Å². The first-order chi connectivity index (χ1) is 15.1. The van der Waals surface area contributed by atoms with Crippen molar-refractivity contribution in [1.29, 1.82) is 0 Å². The predicted octanol–water partition coefficient (Wildman–Crippen LogP) is 4.24. The molecule has 1 heterocycles. The second-order valence-corrected chi connectivity index (χ2v) is 10.5. The molecule has 0 bridgehead atoms. The smallest absolute Gasteiger partial charge is 0.248 e. The summed E-state index contributed by atoms with van der Waals surface area (Å²) in [6.45, 7) is 4.08. The Labute approximate surface area is 192 Å². The van der Waals surface area contributed by atoms with Crippen LogP contribution in [0.4, 0.5) is 5.69 Å². The van der Waals surface area contributed by atoms with Gasteiger partial charge in [-0.15, -0.1) is 11.3 Å². The molecule has 1 aromatic heterocycles. The Morgan fingerprint density at radius 3 is 2.50 bits per heavy atom. The molecule has 7 nitrogen and oxygen atoms in total. The minimum atomic E-state index is -3.60. The number of ether oxygens (including phenoxy) is 1. The van der Waals surface area contributed by atoms with Crippen molar-refractivity contribution in [3.8, 4) is 5.75 Å².